The number of aryl methyl sites for hydroxylation is 1. The number of benzene rings is 2. The average Bonchev–Trinajstić information content (AvgIpc) is 2.99. The van der Waals surface area contributed by atoms with Gasteiger partial charge in [-0.2, -0.15) is 0 Å². The van der Waals surface area contributed by atoms with Gasteiger partial charge in [0.25, 0.3) is 5.91 Å². The molecule has 2 aromatic rings. The van der Waals surface area contributed by atoms with E-state index < -0.39 is 5.82 Å². The van der Waals surface area contributed by atoms with E-state index in [-0.39, 0.29) is 24.3 Å². The van der Waals surface area contributed by atoms with Crippen LogP contribution in [-0.2, 0) is 9.59 Å². The minimum Gasteiger partial charge on any atom is -0.360 e. The number of anilines is 2. The molecule has 0 aromatic heterocycles. The van der Waals surface area contributed by atoms with E-state index in [1.54, 1.807) is 0 Å². The lowest BCUT2D eigenvalue weighted by molar-refractivity contribution is -0.915. The van der Waals surface area contributed by atoms with Gasteiger partial charge in [0.15, 0.2) is 6.04 Å². The fraction of sp³-hybridized carbons (Fsp3) is 0.333. The van der Waals surface area contributed by atoms with E-state index in [2.05, 4.69) is 11.8 Å². The summed E-state index contributed by atoms with van der Waals surface area (Å²) in [6, 6.07) is 11.0. The topological polar surface area (TPSA) is 45.1 Å². The van der Waals surface area contributed by atoms with Gasteiger partial charge in [-0.15, -0.1) is 0 Å². The molecule has 1 N–H and O–H groups in total. The lowest BCUT2D eigenvalue weighted by atomic mass is 10.1. The number of carbonyl (C=O) groups excluding carboxylic acids is 2. The van der Waals surface area contributed by atoms with Crippen LogP contribution in [0.3, 0.4) is 0 Å². The fourth-order valence-corrected chi connectivity index (χ4v) is 4.29. The molecule has 0 radical (unpaired) electrons. The first-order chi connectivity index (χ1) is 13.4. The molecule has 146 valence electrons. The van der Waals surface area contributed by atoms with Crippen molar-refractivity contribution in [3.8, 4) is 0 Å². The first-order valence-electron chi connectivity index (χ1n) is 9.42. The van der Waals surface area contributed by atoms with Crippen molar-refractivity contribution in [1.29, 1.82) is 0 Å². The Labute approximate surface area is 168 Å². The van der Waals surface area contributed by atoms with E-state index >= 15 is 0 Å². The van der Waals surface area contributed by atoms with Crippen LogP contribution >= 0.6 is 11.6 Å². The summed E-state index contributed by atoms with van der Waals surface area (Å²) in [6.45, 7) is 5.19. The summed E-state index contributed by atoms with van der Waals surface area (Å²) in [6.07, 6.45) is 0.196. The van der Waals surface area contributed by atoms with Gasteiger partial charge in [0.2, 0.25) is 5.91 Å². The van der Waals surface area contributed by atoms with Gasteiger partial charge in [0.1, 0.15) is 5.82 Å². The maximum atomic E-state index is 13.2. The van der Waals surface area contributed by atoms with Gasteiger partial charge in [0.05, 0.1) is 38.3 Å². The number of carbonyl (C=O) groups is 2. The van der Waals surface area contributed by atoms with Crippen LogP contribution in [-0.4, -0.2) is 44.0 Å². The maximum absolute atomic E-state index is 13.2. The molecule has 4 rings (SSSR count). The number of hydrogen-bond donors (Lipinski definition) is 1. The average molecular weight is 403 g/mol. The summed E-state index contributed by atoms with van der Waals surface area (Å²) in [5.74, 6) is -0.807. The molecule has 2 amide bonds. The van der Waals surface area contributed by atoms with Crippen molar-refractivity contribution in [2.24, 2.45) is 0 Å². The number of imide groups is 1. The van der Waals surface area contributed by atoms with Crippen LogP contribution in [0.5, 0.6) is 0 Å². The second-order valence-electron chi connectivity index (χ2n) is 7.38. The second-order valence-corrected chi connectivity index (χ2v) is 7.81. The minimum atomic E-state index is -0.391. The van der Waals surface area contributed by atoms with Gasteiger partial charge in [-0.25, -0.2) is 9.29 Å². The van der Waals surface area contributed by atoms with Crippen LogP contribution in [0.25, 0.3) is 0 Å². The van der Waals surface area contributed by atoms with E-state index in [1.807, 2.05) is 18.2 Å². The molecule has 1 atom stereocenters. The molecule has 2 saturated heterocycles. The fourth-order valence-electron chi connectivity index (χ4n) is 4.12. The Hall–Kier alpha value is -2.44. The highest BCUT2D eigenvalue weighted by Crippen LogP contribution is 2.25. The third-order valence-electron chi connectivity index (χ3n) is 5.64. The SMILES string of the molecule is Cc1ccc(Cl)cc1N1CC[NH+]([C@@H]2CC(=O)N(c3ccc(F)cc3)C2=O)CC1. The van der Waals surface area contributed by atoms with Crippen molar-refractivity contribution >= 4 is 34.8 Å². The van der Waals surface area contributed by atoms with Crippen molar-refractivity contribution in [3.05, 3.63) is 58.9 Å². The van der Waals surface area contributed by atoms with Crippen molar-refractivity contribution in [1.82, 2.24) is 0 Å². The molecule has 2 fully saturated rings. The predicted octanol–water partition coefficient (Wildman–Crippen LogP) is 1.82. The second kappa shape index (κ2) is 7.53. The smallest absolute Gasteiger partial charge is 0.292 e. The molecule has 2 heterocycles. The monoisotopic (exact) mass is 402 g/mol. The molecule has 28 heavy (non-hydrogen) atoms. The molecule has 2 aromatic carbocycles. The van der Waals surface area contributed by atoms with Crippen molar-refractivity contribution in [2.45, 2.75) is 19.4 Å². The van der Waals surface area contributed by atoms with Crippen molar-refractivity contribution < 1.29 is 18.9 Å². The number of quaternary nitrogens is 1. The van der Waals surface area contributed by atoms with E-state index in [4.69, 9.17) is 11.6 Å². The van der Waals surface area contributed by atoms with Gasteiger partial charge in [0, 0.05) is 10.7 Å². The predicted molar refractivity (Wildman–Crippen MR) is 106 cm³/mol. The Kier molecular flexibility index (Phi) is 5.08. The zero-order valence-electron chi connectivity index (χ0n) is 15.6. The molecule has 5 nitrogen and oxygen atoms in total. The molecule has 7 heteroatoms. The van der Waals surface area contributed by atoms with E-state index in [0.29, 0.717) is 10.7 Å². The molecule has 2 aliphatic heterocycles. The number of nitrogens with zero attached hydrogens (tertiary/aromatic N) is 2. The number of halogens is 2. The summed E-state index contributed by atoms with van der Waals surface area (Å²) >= 11 is 6.14. The van der Waals surface area contributed by atoms with Gasteiger partial charge in [-0.1, -0.05) is 17.7 Å². The Balaban J connectivity index is 1.45. The highest BCUT2D eigenvalue weighted by Gasteiger charge is 2.46. The summed E-state index contributed by atoms with van der Waals surface area (Å²) in [7, 11) is 0. The highest BCUT2D eigenvalue weighted by atomic mass is 35.5. The number of piperazine rings is 1. The lowest BCUT2D eigenvalue weighted by Gasteiger charge is -2.36. The molecule has 0 spiro atoms. The number of nitrogens with one attached hydrogen (secondary N) is 1. The van der Waals surface area contributed by atoms with Crippen LogP contribution in [0.4, 0.5) is 15.8 Å². The molecule has 0 saturated carbocycles. The van der Waals surface area contributed by atoms with E-state index in [1.165, 1.54) is 34.7 Å². The van der Waals surface area contributed by atoms with Crippen LogP contribution in [0.15, 0.2) is 42.5 Å². The van der Waals surface area contributed by atoms with E-state index in [0.717, 1.165) is 36.8 Å². The number of hydrogen-bond acceptors (Lipinski definition) is 3. The Morgan fingerprint density at radius 1 is 1.07 bits per heavy atom. The molecular formula is C21H22ClFN3O2+. The third-order valence-corrected chi connectivity index (χ3v) is 5.88. The normalized spacial score (nSPS) is 20.9. The molecular weight excluding hydrogens is 381 g/mol. The van der Waals surface area contributed by atoms with Crippen LogP contribution in [0.1, 0.15) is 12.0 Å². The summed E-state index contributed by atoms with van der Waals surface area (Å²) < 4.78 is 13.2. The van der Waals surface area contributed by atoms with Crippen LogP contribution in [0.2, 0.25) is 5.02 Å². The quantitative estimate of drug-likeness (QED) is 0.797. The van der Waals surface area contributed by atoms with Gasteiger partial charge in [-0.3, -0.25) is 9.59 Å². The number of rotatable bonds is 3. The number of amides is 2. The first-order valence-corrected chi connectivity index (χ1v) is 9.80. The Morgan fingerprint density at radius 2 is 1.75 bits per heavy atom. The van der Waals surface area contributed by atoms with E-state index in [9.17, 15) is 14.0 Å². The molecule has 0 aliphatic carbocycles. The zero-order chi connectivity index (χ0) is 19.8. The zero-order valence-corrected chi connectivity index (χ0v) is 16.4. The first kappa shape index (κ1) is 18.9. The Morgan fingerprint density at radius 3 is 2.43 bits per heavy atom. The highest BCUT2D eigenvalue weighted by molar-refractivity contribution is 6.30. The molecule has 0 unspecified atom stereocenters. The summed E-state index contributed by atoms with van der Waals surface area (Å²) in [5, 5.41) is 0.710. The summed E-state index contributed by atoms with van der Waals surface area (Å²) in [4.78, 5) is 30.0. The van der Waals surface area contributed by atoms with Gasteiger partial charge in [-0.05, 0) is 48.9 Å². The van der Waals surface area contributed by atoms with Crippen molar-refractivity contribution in [2.75, 3.05) is 36.0 Å². The standard InChI is InChI=1S/C21H21ClFN3O2/c1-14-2-3-15(22)12-18(14)24-8-10-25(11-9-24)19-13-20(27)26(21(19)28)17-6-4-16(23)5-7-17/h2-7,12,19H,8-11,13H2,1H3/p+1/t19-/m1/s1. The molecule has 2 aliphatic rings. The van der Waals surface area contributed by atoms with Crippen LogP contribution in [0, 0.1) is 12.7 Å². The largest absolute Gasteiger partial charge is 0.360 e. The van der Waals surface area contributed by atoms with Crippen molar-refractivity contribution in [3.63, 3.8) is 0 Å². The van der Waals surface area contributed by atoms with Gasteiger partial charge >= 0.3 is 0 Å². The third kappa shape index (κ3) is 3.50. The maximum Gasteiger partial charge on any atom is 0.292 e. The van der Waals surface area contributed by atoms with Crippen LogP contribution < -0.4 is 14.7 Å². The lowest BCUT2D eigenvalue weighted by Crippen LogP contribution is -3.19. The van der Waals surface area contributed by atoms with Gasteiger partial charge < -0.3 is 9.80 Å². The minimum absolute atomic E-state index is 0.195. The summed E-state index contributed by atoms with van der Waals surface area (Å²) in [5.41, 5.74) is 2.72. The molecule has 0 bridgehead atoms. The Bertz CT molecular complexity index is 910.